The van der Waals surface area contributed by atoms with Crippen LogP contribution >= 0.6 is 0 Å². The molecule has 3 rings (SSSR count). The maximum atomic E-state index is 12.2. The highest BCUT2D eigenvalue weighted by molar-refractivity contribution is 5.78. The molecular weight excluding hydrogens is 292 g/mol. The van der Waals surface area contributed by atoms with Crippen molar-refractivity contribution in [3.05, 3.63) is 29.8 Å². The molecule has 5 heteroatoms. The van der Waals surface area contributed by atoms with Crippen LogP contribution in [0.5, 0.6) is 5.75 Å². The Kier molecular flexibility index (Phi) is 5.18. The van der Waals surface area contributed by atoms with Crippen LogP contribution in [0.2, 0.25) is 0 Å². The number of rotatable bonds is 6. The van der Waals surface area contributed by atoms with E-state index >= 15 is 0 Å². The van der Waals surface area contributed by atoms with Crippen molar-refractivity contribution in [2.45, 2.75) is 26.3 Å². The number of nitrogens with one attached hydrogen (secondary N) is 1. The number of amides is 1. The van der Waals surface area contributed by atoms with Gasteiger partial charge in [-0.25, -0.2) is 0 Å². The van der Waals surface area contributed by atoms with Crippen LogP contribution in [0.3, 0.4) is 0 Å². The zero-order chi connectivity index (χ0) is 16.1. The van der Waals surface area contributed by atoms with Gasteiger partial charge < -0.3 is 14.8 Å². The van der Waals surface area contributed by atoms with E-state index in [9.17, 15) is 4.79 Å². The van der Waals surface area contributed by atoms with E-state index in [-0.39, 0.29) is 5.91 Å². The average molecular weight is 318 g/mol. The lowest BCUT2D eigenvalue weighted by Gasteiger charge is -2.21. The molecule has 2 heterocycles. The molecule has 0 unspecified atom stereocenters. The number of nitrogens with zero attached hydrogens (tertiary/aromatic N) is 1. The lowest BCUT2D eigenvalue weighted by molar-refractivity contribution is -0.122. The molecule has 0 radical (unpaired) electrons. The summed E-state index contributed by atoms with van der Waals surface area (Å²) in [5.41, 5.74) is 1.37. The zero-order valence-electron chi connectivity index (χ0n) is 13.8. The predicted octanol–water partition coefficient (Wildman–Crippen LogP) is 1.81. The monoisotopic (exact) mass is 318 g/mol. The molecule has 2 fully saturated rings. The summed E-state index contributed by atoms with van der Waals surface area (Å²) in [6, 6.07) is 7.87. The number of ether oxygens (including phenoxy) is 2. The third-order valence-corrected chi connectivity index (χ3v) is 4.77. The molecule has 5 nitrogen and oxygen atoms in total. The second kappa shape index (κ2) is 7.32. The third-order valence-electron chi connectivity index (χ3n) is 4.77. The van der Waals surface area contributed by atoms with Crippen LogP contribution in [0, 0.1) is 5.41 Å². The molecule has 2 aliphatic rings. The highest BCUT2D eigenvalue weighted by Crippen LogP contribution is 2.37. The van der Waals surface area contributed by atoms with Crippen molar-refractivity contribution in [3.8, 4) is 5.75 Å². The summed E-state index contributed by atoms with van der Waals surface area (Å²) in [6.07, 6.45) is 2.28. The van der Waals surface area contributed by atoms with Crippen LogP contribution in [-0.2, 0) is 16.1 Å². The van der Waals surface area contributed by atoms with Crippen molar-refractivity contribution in [2.75, 3.05) is 39.5 Å². The fourth-order valence-electron chi connectivity index (χ4n) is 3.51. The molecule has 2 aliphatic heterocycles. The van der Waals surface area contributed by atoms with Gasteiger partial charge in [0.15, 0.2) is 0 Å². The molecule has 126 valence electrons. The summed E-state index contributed by atoms with van der Waals surface area (Å²) < 4.78 is 11.0. The Bertz CT molecular complexity index is 541. The lowest BCUT2D eigenvalue weighted by Crippen LogP contribution is -2.37. The summed E-state index contributed by atoms with van der Waals surface area (Å²) in [6.45, 7) is 7.35. The molecule has 0 bridgehead atoms. The second-order valence-electron chi connectivity index (χ2n) is 6.62. The molecule has 1 N–H and O–H groups in total. The van der Waals surface area contributed by atoms with Crippen molar-refractivity contribution >= 4 is 5.91 Å². The van der Waals surface area contributed by atoms with Crippen LogP contribution in [0.25, 0.3) is 0 Å². The molecule has 0 saturated carbocycles. The molecule has 2 saturated heterocycles. The van der Waals surface area contributed by atoms with Gasteiger partial charge in [-0.1, -0.05) is 12.1 Å². The van der Waals surface area contributed by atoms with Gasteiger partial charge in [0.1, 0.15) is 5.75 Å². The molecular formula is C18H26N2O3. The van der Waals surface area contributed by atoms with Gasteiger partial charge in [-0.2, -0.15) is 0 Å². The number of carbonyl (C=O) groups excluding carboxylic acids is 1. The van der Waals surface area contributed by atoms with Gasteiger partial charge in [-0.15, -0.1) is 0 Å². The molecule has 1 spiro atoms. The summed E-state index contributed by atoms with van der Waals surface area (Å²) in [7, 11) is 0. The minimum absolute atomic E-state index is 0.0859. The summed E-state index contributed by atoms with van der Waals surface area (Å²) in [4.78, 5) is 14.4. The van der Waals surface area contributed by atoms with E-state index in [0.29, 0.717) is 25.1 Å². The predicted molar refractivity (Wildman–Crippen MR) is 88.4 cm³/mol. The van der Waals surface area contributed by atoms with Crippen LogP contribution in [0.4, 0.5) is 0 Å². The van der Waals surface area contributed by atoms with Gasteiger partial charge in [0, 0.05) is 25.1 Å². The Morgan fingerprint density at radius 2 is 2.35 bits per heavy atom. The zero-order valence-corrected chi connectivity index (χ0v) is 13.8. The molecule has 23 heavy (non-hydrogen) atoms. The highest BCUT2D eigenvalue weighted by atomic mass is 16.5. The normalized spacial score (nSPS) is 24.2. The highest BCUT2D eigenvalue weighted by Gasteiger charge is 2.41. The first-order valence-corrected chi connectivity index (χ1v) is 8.48. The van der Waals surface area contributed by atoms with Crippen LogP contribution < -0.4 is 10.1 Å². The smallest absolute Gasteiger partial charge is 0.234 e. The number of carbonyl (C=O) groups is 1. The van der Waals surface area contributed by atoms with E-state index in [2.05, 4.69) is 10.2 Å². The van der Waals surface area contributed by atoms with Gasteiger partial charge in [-0.05, 0) is 44.0 Å². The second-order valence-corrected chi connectivity index (χ2v) is 6.62. The first-order valence-electron chi connectivity index (χ1n) is 8.48. The van der Waals surface area contributed by atoms with Gasteiger partial charge >= 0.3 is 0 Å². The van der Waals surface area contributed by atoms with E-state index in [1.165, 1.54) is 0 Å². The Labute approximate surface area is 137 Å². The van der Waals surface area contributed by atoms with Crippen molar-refractivity contribution in [1.82, 2.24) is 10.2 Å². The summed E-state index contributed by atoms with van der Waals surface area (Å²) >= 11 is 0. The van der Waals surface area contributed by atoms with Crippen molar-refractivity contribution in [1.29, 1.82) is 0 Å². The summed E-state index contributed by atoms with van der Waals surface area (Å²) in [5.74, 6) is 0.935. The van der Waals surface area contributed by atoms with Gasteiger partial charge in [-0.3, -0.25) is 9.69 Å². The Balaban J connectivity index is 1.44. The van der Waals surface area contributed by atoms with Gasteiger partial charge in [0.05, 0.1) is 19.8 Å². The largest absolute Gasteiger partial charge is 0.494 e. The molecule has 1 atom stereocenters. The Morgan fingerprint density at radius 3 is 3.13 bits per heavy atom. The van der Waals surface area contributed by atoms with Gasteiger partial charge in [0.2, 0.25) is 5.91 Å². The summed E-state index contributed by atoms with van der Waals surface area (Å²) in [5, 5.41) is 3.01. The molecule has 0 aromatic heterocycles. The quantitative estimate of drug-likeness (QED) is 0.869. The fraction of sp³-hybridized carbons (Fsp3) is 0.611. The molecule has 1 aromatic rings. The van der Waals surface area contributed by atoms with E-state index in [1.54, 1.807) is 0 Å². The van der Waals surface area contributed by atoms with Gasteiger partial charge in [0.25, 0.3) is 0 Å². The third kappa shape index (κ3) is 4.24. The SMILES string of the molecule is CCOc1cccc(CNC(=O)CN2CC[C@@]3(CCOC3)C2)c1. The fourth-order valence-corrected chi connectivity index (χ4v) is 3.51. The first kappa shape index (κ1) is 16.3. The van der Waals surface area contributed by atoms with E-state index in [1.807, 2.05) is 31.2 Å². The number of benzene rings is 1. The van der Waals surface area contributed by atoms with Crippen molar-refractivity contribution < 1.29 is 14.3 Å². The van der Waals surface area contributed by atoms with E-state index in [4.69, 9.17) is 9.47 Å². The Hall–Kier alpha value is -1.59. The van der Waals surface area contributed by atoms with E-state index in [0.717, 1.165) is 50.5 Å². The standard InChI is InChI=1S/C18H26N2O3/c1-2-23-16-5-3-4-15(10-16)11-19-17(21)12-20-8-6-18(13-20)7-9-22-14-18/h3-5,10H,2,6-9,11-14H2,1H3,(H,19,21)/t18-/m1/s1. The maximum absolute atomic E-state index is 12.2. The minimum atomic E-state index is 0.0859. The molecule has 1 amide bonds. The van der Waals surface area contributed by atoms with Crippen molar-refractivity contribution in [2.24, 2.45) is 5.41 Å². The molecule has 1 aromatic carbocycles. The van der Waals surface area contributed by atoms with Crippen LogP contribution in [0.15, 0.2) is 24.3 Å². The van der Waals surface area contributed by atoms with Crippen LogP contribution in [-0.4, -0.2) is 50.3 Å². The Morgan fingerprint density at radius 1 is 1.43 bits per heavy atom. The number of likely N-dealkylation sites (tertiary alicyclic amines) is 1. The first-order chi connectivity index (χ1) is 11.2. The molecule has 0 aliphatic carbocycles. The topological polar surface area (TPSA) is 50.8 Å². The minimum Gasteiger partial charge on any atom is -0.494 e. The number of hydrogen-bond donors (Lipinski definition) is 1. The van der Waals surface area contributed by atoms with E-state index < -0.39 is 0 Å². The van der Waals surface area contributed by atoms with Crippen molar-refractivity contribution in [3.63, 3.8) is 0 Å². The average Bonchev–Trinajstić information content (AvgIpc) is 3.16. The maximum Gasteiger partial charge on any atom is 0.234 e. The lowest BCUT2D eigenvalue weighted by atomic mass is 9.87. The van der Waals surface area contributed by atoms with Crippen LogP contribution in [0.1, 0.15) is 25.3 Å². The number of hydrogen-bond acceptors (Lipinski definition) is 4.